The molecule has 1 aliphatic heterocycles. The molecule has 0 saturated heterocycles. The first-order chi connectivity index (χ1) is 12.5. The van der Waals surface area contributed by atoms with Gasteiger partial charge >= 0.3 is 0 Å². The molecular weight excluding hydrogens is 392 g/mol. The summed E-state index contributed by atoms with van der Waals surface area (Å²) in [6.45, 7) is 3.47. The van der Waals surface area contributed by atoms with Crippen LogP contribution in [0, 0.1) is 0 Å². The topological polar surface area (TPSA) is 49.4 Å². The highest BCUT2D eigenvalue weighted by Crippen LogP contribution is 2.33. The number of amides is 2. The average molecular weight is 413 g/mol. The van der Waals surface area contributed by atoms with Crippen LogP contribution in [0.5, 0.6) is 0 Å². The Kier molecular flexibility index (Phi) is 5.57. The lowest BCUT2D eigenvalue weighted by Crippen LogP contribution is -2.36. The third kappa shape index (κ3) is 3.88. The Bertz CT molecular complexity index is 863. The summed E-state index contributed by atoms with van der Waals surface area (Å²) in [6.07, 6.45) is 3.89. The van der Waals surface area contributed by atoms with Crippen LogP contribution in [0.25, 0.3) is 6.08 Å². The summed E-state index contributed by atoms with van der Waals surface area (Å²) in [7, 11) is 0. The van der Waals surface area contributed by atoms with Crippen molar-refractivity contribution in [2.75, 3.05) is 0 Å². The molecule has 1 N–H and O–H groups in total. The summed E-state index contributed by atoms with van der Waals surface area (Å²) in [6, 6.07) is 15.3. The van der Waals surface area contributed by atoms with Gasteiger partial charge in [-0.25, -0.2) is 0 Å². The van der Waals surface area contributed by atoms with Crippen LogP contribution in [-0.4, -0.2) is 16.7 Å². The number of fused-ring (bicyclic) bond motifs is 1. The van der Waals surface area contributed by atoms with Crippen molar-refractivity contribution in [1.29, 1.82) is 0 Å². The lowest BCUT2D eigenvalue weighted by atomic mass is 9.93. The third-order valence-corrected chi connectivity index (χ3v) is 5.32. The van der Waals surface area contributed by atoms with Gasteiger partial charge in [0.1, 0.15) is 0 Å². The van der Waals surface area contributed by atoms with E-state index in [9.17, 15) is 9.59 Å². The number of rotatable bonds is 4. The summed E-state index contributed by atoms with van der Waals surface area (Å²) < 4.78 is 0.962. The van der Waals surface area contributed by atoms with E-state index in [-0.39, 0.29) is 30.3 Å². The van der Waals surface area contributed by atoms with E-state index in [1.165, 1.54) is 6.92 Å². The second kappa shape index (κ2) is 7.87. The van der Waals surface area contributed by atoms with Crippen molar-refractivity contribution in [2.24, 2.45) is 0 Å². The first kappa shape index (κ1) is 18.4. The van der Waals surface area contributed by atoms with Gasteiger partial charge in [0, 0.05) is 17.6 Å². The van der Waals surface area contributed by atoms with Crippen LogP contribution in [0.3, 0.4) is 0 Å². The number of nitrogens with one attached hydrogen (secondary N) is 1. The lowest BCUT2D eigenvalue weighted by molar-refractivity contribution is -0.130. The summed E-state index contributed by atoms with van der Waals surface area (Å²) in [5, 5.41) is 3.04. The smallest absolute Gasteiger partial charge is 0.223 e. The molecule has 0 radical (unpaired) electrons. The zero-order chi connectivity index (χ0) is 18.7. The van der Waals surface area contributed by atoms with Crippen molar-refractivity contribution in [3.05, 3.63) is 75.9 Å². The van der Waals surface area contributed by atoms with Crippen LogP contribution in [0.4, 0.5) is 0 Å². The van der Waals surface area contributed by atoms with Gasteiger partial charge in [0.25, 0.3) is 0 Å². The maximum atomic E-state index is 12.7. The maximum Gasteiger partial charge on any atom is 0.223 e. The fourth-order valence-electron chi connectivity index (χ4n) is 3.29. The molecule has 1 aliphatic rings. The number of carbonyl (C=O) groups is 2. The van der Waals surface area contributed by atoms with Crippen molar-refractivity contribution in [2.45, 2.75) is 32.4 Å². The molecule has 0 spiro atoms. The van der Waals surface area contributed by atoms with E-state index < -0.39 is 0 Å². The zero-order valence-electron chi connectivity index (χ0n) is 14.8. The van der Waals surface area contributed by atoms with Crippen molar-refractivity contribution < 1.29 is 9.59 Å². The van der Waals surface area contributed by atoms with Crippen LogP contribution >= 0.6 is 15.9 Å². The van der Waals surface area contributed by atoms with Crippen LogP contribution in [0.15, 0.2) is 59.2 Å². The Balaban J connectivity index is 1.77. The van der Waals surface area contributed by atoms with Gasteiger partial charge in [0.05, 0.1) is 18.5 Å². The highest BCUT2D eigenvalue weighted by atomic mass is 79.9. The maximum absolute atomic E-state index is 12.7. The monoisotopic (exact) mass is 412 g/mol. The van der Waals surface area contributed by atoms with Gasteiger partial charge in [0.15, 0.2) is 0 Å². The molecule has 4 nitrogen and oxygen atoms in total. The summed E-state index contributed by atoms with van der Waals surface area (Å²) in [5.74, 6) is -0.165. The molecule has 0 aliphatic carbocycles. The van der Waals surface area contributed by atoms with Gasteiger partial charge in [-0.15, -0.1) is 0 Å². The minimum absolute atomic E-state index is 0.0765. The Labute approximate surface area is 162 Å². The van der Waals surface area contributed by atoms with Crippen molar-refractivity contribution in [3.8, 4) is 0 Å². The highest BCUT2D eigenvalue weighted by Gasteiger charge is 2.28. The molecule has 3 rings (SSSR count). The van der Waals surface area contributed by atoms with Crippen LogP contribution in [0.2, 0.25) is 0 Å². The molecule has 0 saturated carbocycles. The number of hydrogen-bond acceptors (Lipinski definition) is 2. The molecule has 0 aromatic heterocycles. The van der Waals surface area contributed by atoms with Gasteiger partial charge in [-0.1, -0.05) is 58.4 Å². The number of benzene rings is 2. The van der Waals surface area contributed by atoms with Crippen LogP contribution in [0.1, 0.15) is 49.0 Å². The normalized spacial score (nSPS) is 16.7. The third-order valence-electron chi connectivity index (χ3n) is 4.60. The summed E-state index contributed by atoms with van der Waals surface area (Å²) >= 11 is 3.52. The molecule has 2 aromatic carbocycles. The standard InChI is InChI=1S/C21H21BrN2O2/c1-14(17-8-5-6-10-19(17)22)23-21(26)13-20-18-9-4-3-7-16(18)11-12-24(20)15(2)25/h3-12,14,20H,13H2,1-2H3,(H,23,26). The van der Waals surface area contributed by atoms with Crippen LogP contribution in [-0.2, 0) is 9.59 Å². The second-order valence-electron chi connectivity index (χ2n) is 6.40. The van der Waals surface area contributed by atoms with E-state index in [1.54, 1.807) is 11.1 Å². The van der Waals surface area contributed by atoms with Crippen molar-refractivity contribution >= 4 is 33.8 Å². The van der Waals surface area contributed by atoms with Gasteiger partial charge in [-0.3, -0.25) is 9.59 Å². The molecule has 1 heterocycles. The van der Waals surface area contributed by atoms with Crippen molar-refractivity contribution in [3.63, 3.8) is 0 Å². The molecule has 2 amide bonds. The van der Waals surface area contributed by atoms with Crippen molar-refractivity contribution in [1.82, 2.24) is 10.2 Å². The van der Waals surface area contributed by atoms with E-state index in [0.29, 0.717) is 0 Å². The molecule has 0 fully saturated rings. The summed E-state index contributed by atoms with van der Waals surface area (Å²) in [4.78, 5) is 26.4. The Morgan fingerprint density at radius 1 is 1.15 bits per heavy atom. The van der Waals surface area contributed by atoms with E-state index in [2.05, 4.69) is 21.2 Å². The molecule has 0 bridgehead atoms. The average Bonchev–Trinajstić information content (AvgIpc) is 2.62. The van der Waals surface area contributed by atoms with Gasteiger partial charge in [-0.2, -0.15) is 0 Å². The molecule has 26 heavy (non-hydrogen) atoms. The molecular formula is C21H21BrN2O2. The van der Waals surface area contributed by atoms with Gasteiger partial charge in [0.2, 0.25) is 11.8 Å². The number of halogens is 1. The number of hydrogen-bond donors (Lipinski definition) is 1. The quantitative estimate of drug-likeness (QED) is 0.797. The number of carbonyl (C=O) groups excluding carboxylic acids is 2. The molecule has 2 aromatic rings. The van der Waals surface area contributed by atoms with Crippen LogP contribution < -0.4 is 5.32 Å². The predicted molar refractivity (Wildman–Crippen MR) is 106 cm³/mol. The van der Waals surface area contributed by atoms with E-state index in [1.807, 2.05) is 61.5 Å². The molecule has 2 atom stereocenters. The van der Waals surface area contributed by atoms with E-state index >= 15 is 0 Å². The Morgan fingerprint density at radius 3 is 2.58 bits per heavy atom. The first-order valence-corrected chi connectivity index (χ1v) is 9.36. The van der Waals surface area contributed by atoms with Gasteiger partial charge < -0.3 is 10.2 Å². The highest BCUT2D eigenvalue weighted by molar-refractivity contribution is 9.10. The predicted octanol–water partition coefficient (Wildman–Crippen LogP) is 4.59. The zero-order valence-corrected chi connectivity index (χ0v) is 16.4. The van der Waals surface area contributed by atoms with E-state index in [0.717, 1.165) is 21.2 Å². The minimum atomic E-state index is -0.292. The second-order valence-corrected chi connectivity index (χ2v) is 7.26. The fourth-order valence-corrected chi connectivity index (χ4v) is 3.92. The Morgan fingerprint density at radius 2 is 1.85 bits per heavy atom. The van der Waals surface area contributed by atoms with E-state index in [4.69, 9.17) is 0 Å². The Hall–Kier alpha value is -2.40. The van der Waals surface area contributed by atoms with Gasteiger partial charge in [-0.05, 0) is 35.8 Å². The summed E-state index contributed by atoms with van der Waals surface area (Å²) in [5.41, 5.74) is 3.06. The molecule has 134 valence electrons. The fraction of sp³-hybridized carbons (Fsp3) is 0.238. The largest absolute Gasteiger partial charge is 0.349 e. The first-order valence-electron chi connectivity index (χ1n) is 8.57. The molecule has 5 heteroatoms. The SMILES string of the molecule is CC(=O)N1C=Cc2ccccc2C1CC(=O)NC(C)c1ccccc1Br. The lowest BCUT2D eigenvalue weighted by Gasteiger charge is -2.32. The molecule has 2 unspecified atom stereocenters. The number of nitrogens with zero attached hydrogens (tertiary/aromatic N) is 1. The minimum Gasteiger partial charge on any atom is -0.349 e.